The first-order valence-electron chi connectivity index (χ1n) is 11.9. The van der Waals surface area contributed by atoms with Crippen molar-refractivity contribution >= 4 is 54.9 Å². The van der Waals surface area contributed by atoms with E-state index < -0.39 is 32.5 Å². The Morgan fingerprint density at radius 3 is 2.02 bits per heavy atom. The van der Waals surface area contributed by atoms with Crippen LogP contribution in [0, 0.1) is 20.8 Å². The smallest absolute Gasteiger partial charge is 0.264 e. The number of benzene rings is 3. The predicted molar refractivity (Wildman–Crippen MR) is 155 cm³/mol. The van der Waals surface area contributed by atoms with Gasteiger partial charge in [0.15, 0.2) is 0 Å². The van der Waals surface area contributed by atoms with Crippen LogP contribution >= 0.6 is 11.6 Å². The maximum atomic E-state index is 13.5. The van der Waals surface area contributed by atoms with Gasteiger partial charge in [-0.15, -0.1) is 0 Å². The molecule has 2 N–H and O–H groups in total. The molecule has 4 aromatic rings. The predicted octanol–water partition coefficient (Wildman–Crippen LogP) is 4.69. The van der Waals surface area contributed by atoms with Gasteiger partial charge in [-0.1, -0.05) is 23.7 Å². The Bertz CT molecular complexity index is 1740. The Hall–Kier alpha value is -4.00. The van der Waals surface area contributed by atoms with E-state index in [2.05, 4.69) is 20.0 Å². The Labute approximate surface area is 238 Å². The number of nitrogens with one attached hydrogen (secondary N) is 2. The lowest BCUT2D eigenvalue weighted by molar-refractivity contribution is -0.114. The number of carbonyl (C=O) groups excluding carboxylic acids is 1. The van der Waals surface area contributed by atoms with E-state index in [-0.39, 0.29) is 21.4 Å². The molecule has 40 heavy (non-hydrogen) atoms. The second kappa shape index (κ2) is 11.6. The Morgan fingerprint density at radius 1 is 0.825 bits per heavy atom. The molecular weight excluding hydrogens is 574 g/mol. The van der Waals surface area contributed by atoms with Crippen LogP contribution in [0.5, 0.6) is 0 Å². The highest BCUT2D eigenvalue weighted by Gasteiger charge is 2.27. The van der Waals surface area contributed by atoms with Crippen molar-refractivity contribution in [1.82, 2.24) is 9.97 Å². The standard InChI is InChI=1S/C27H26ClN5O5S2/c1-18-5-4-6-23(15-18)33(40(37,38)25-11-7-21(28)8-12-25)17-26(34)31-22-9-13-24(14-10-22)39(35,36)32-27-29-19(2)16-20(3)30-27/h4-16H,17H2,1-3H3,(H,31,34)(H,29,30,32). The third kappa shape index (κ3) is 6.95. The largest absolute Gasteiger partial charge is 0.325 e. The van der Waals surface area contributed by atoms with Crippen LogP contribution in [-0.2, 0) is 24.8 Å². The van der Waals surface area contributed by atoms with Crippen molar-refractivity contribution in [2.75, 3.05) is 20.9 Å². The molecule has 13 heteroatoms. The molecule has 0 atom stereocenters. The summed E-state index contributed by atoms with van der Waals surface area (Å²) in [5, 5.41) is 3.00. The molecule has 1 amide bonds. The van der Waals surface area contributed by atoms with E-state index in [4.69, 9.17) is 11.6 Å². The average molecular weight is 600 g/mol. The number of nitrogens with zero attached hydrogens (tertiary/aromatic N) is 3. The molecule has 0 aliphatic heterocycles. The third-order valence-electron chi connectivity index (χ3n) is 5.63. The van der Waals surface area contributed by atoms with Crippen LogP contribution in [0.3, 0.4) is 0 Å². The minimum absolute atomic E-state index is 0.0268. The molecule has 0 bridgehead atoms. The van der Waals surface area contributed by atoms with E-state index in [1.807, 2.05) is 13.0 Å². The maximum absolute atomic E-state index is 13.5. The van der Waals surface area contributed by atoms with E-state index in [1.165, 1.54) is 48.5 Å². The minimum Gasteiger partial charge on any atom is -0.325 e. The van der Waals surface area contributed by atoms with Gasteiger partial charge in [-0.05, 0) is 93.1 Å². The topological polar surface area (TPSA) is 138 Å². The quantitative estimate of drug-likeness (QED) is 0.284. The van der Waals surface area contributed by atoms with Gasteiger partial charge in [-0.2, -0.15) is 0 Å². The van der Waals surface area contributed by atoms with E-state index in [1.54, 1.807) is 38.1 Å². The zero-order chi connectivity index (χ0) is 29.1. The number of amides is 1. The molecule has 0 saturated carbocycles. The highest BCUT2D eigenvalue weighted by atomic mass is 35.5. The first-order chi connectivity index (χ1) is 18.8. The summed E-state index contributed by atoms with van der Waals surface area (Å²) in [4.78, 5) is 21.1. The highest BCUT2D eigenvalue weighted by Crippen LogP contribution is 2.26. The Kier molecular flexibility index (Phi) is 8.43. The third-order valence-corrected chi connectivity index (χ3v) is 9.02. The van der Waals surface area contributed by atoms with Gasteiger partial charge in [-0.3, -0.25) is 9.10 Å². The molecule has 208 valence electrons. The van der Waals surface area contributed by atoms with E-state index in [0.29, 0.717) is 22.1 Å². The van der Waals surface area contributed by atoms with Gasteiger partial charge in [-0.25, -0.2) is 31.5 Å². The molecule has 1 heterocycles. The van der Waals surface area contributed by atoms with Crippen molar-refractivity contribution in [2.45, 2.75) is 30.6 Å². The van der Waals surface area contributed by atoms with Crippen LogP contribution in [0.25, 0.3) is 0 Å². The number of hydrogen-bond acceptors (Lipinski definition) is 7. The SMILES string of the molecule is Cc1cccc(N(CC(=O)Nc2ccc(S(=O)(=O)Nc3nc(C)cc(C)n3)cc2)S(=O)(=O)c2ccc(Cl)cc2)c1. The minimum atomic E-state index is -4.12. The maximum Gasteiger partial charge on any atom is 0.264 e. The summed E-state index contributed by atoms with van der Waals surface area (Å²) < 4.78 is 56.0. The van der Waals surface area contributed by atoms with Crippen LogP contribution in [0.2, 0.25) is 5.02 Å². The number of hydrogen-bond donors (Lipinski definition) is 2. The summed E-state index contributed by atoms with van der Waals surface area (Å²) >= 11 is 5.93. The molecule has 0 unspecified atom stereocenters. The van der Waals surface area contributed by atoms with Gasteiger partial charge in [0.05, 0.1) is 15.5 Å². The first kappa shape index (κ1) is 29.0. The Balaban J connectivity index is 1.53. The number of aromatic nitrogens is 2. The molecule has 0 fully saturated rings. The summed E-state index contributed by atoms with van der Waals surface area (Å²) in [5.74, 6) is -0.676. The molecule has 0 radical (unpaired) electrons. The van der Waals surface area contributed by atoms with E-state index in [9.17, 15) is 21.6 Å². The zero-order valence-corrected chi connectivity index (χ0v) is 24.2. The highest BCUT2D eigenvalue weighted by molar-refractivity contribution is 7.93. The van der Waals surface area contributed by atoms with Crippen molar-refractivity contribution in [3.8, 4) is 0 Å². The fourth-order valence-electron chi connectivity index (χ4n) is 3.83. The van der Waals surface area contributed by atoms with Crippen LogP contribution in [0.4, 0.5) is 17.3 Å². The first-order valence-corrected chi connectivity index (χ1v) is 15.2. The lowest BCUT2D eigenvalue weighted by Gasteiger charge is -2.24. The van der Waals surface area contributed by atoms with Crippen molar-refractivity contribution in [1.29, 1.82) is 0 Å². The van der Waals surface area contributed by atoms with Gasteiger partial charge in [0.25, 0.3) is 20.0 Å². The van der Waals surface area contributed by atoms with Crippen LogP contribution in [-0.4, -0.2) is 39.3 Å². The molecule has 0 aliphatic carbocycles. The van der Waals surface area contributed by atoms with Gasteiger partial charge < -0.3 is 5.32 Å². The molecule has 10 nitrogen and oxygen atoms in total. The van der Waals surface area contributed by atoms with E-state index in [0.717, 1.165) is 9.87 Å². The number of halogens is 1. The van der Waals surface area contributed by atoms with Crippen molar-refractivity contribution in [3.63, 3.8) is 0 Å². The number of rotatable bonds is 9. The number of aryl methyl sites for hydroxylation is 3. The lowest BCUT2D eigenvalue weighted by Crippen LogP contribution is -2.38. The van der Waals surface area contributed by atoms with Crippen LogP contribution in [0.1, 0.15) is 17.0 Å². The zero-order valence-electron chi connectivity index (χ0n) is 21.8. The van der Waals surface area contributed by atoms with Crippen molar-refractivity contribution in [3.05, 3.63) is 101 Å². The molecular formula is C27H26ClN5O5S2. The fourth-order valence-corrected chi connectivity index (χ4v) is 6.31. The molecule has 3 aromatic carbocycles. The second-order valence-electron chi connectivity index (χ2n) is 8.96. The molecule has 4 rings (SSSR count). The lowest BCUT2D eigenvalue weighted by atomic mass is 10.2. The number of carbonyl (C=O) groups is 1. The second-order valence-corrected chi connectivity index (χ2v) is 12.9. The molecule has 0 aliphatic rings. The number of sulfonamides is 2. The van der Waals surface area contributed by atoms with E-state index >= 15 is 0 Å². The van der Waals surface area contributed by atoms with Gasteiger partial charge in [0, 0.05) is 22.1 Å². The fraction of sp³-hybridized carbons (Fsp3) is 0.148. The van der Waals surface area contributed by atoms with Gasteiger partial charge >= 0.3 is 0 Å². The monoisotopic (exact) mass is 599 g/mol. The van der Waals surface area contributed by atoms with Crippen LogP contribution in [0.15, 0.2) is 88.7 Å². The molecule has 1 aromatic heterocycles. The molecule has 0 spiro atoms. The number of anilines is 3. The normalized spacial score (nSPS) is 11.6. The summed E-state index contributed by atoms with van der Waals surface area (Å²) in [7, 11) is -8.11. The summed E-state index contributed by atoms with van der Waals surface area (Å²) in [6.07, 6.45) is 0. The molecule has 0 saturated heterocycles. The summed E-state index contributed by atoms with van der Waals surface area (Å²) in [5.41, 5.74) is 2.62. The summed E-state index contributed by atoms with van der Waals surface area (Å²) in [6, 6.07) is 19.6. The van der Waals surface area contributed by atoms with Gasteiger partial charge in [0.2, 0.25) is 11.9 Å². The van der Waals surface area contributed by atoms with Crippen LogP contribution < -0.4 is 14.3 Å². The average Bonchev–Trinajstić information content (AvgIpc) is 2.87. The van der Waals surface area contributed by atoms with Crippen molar-refractivity contribution in [2.24, 2.45) is 0 Å². The summed E-state index contributed by atoms with van der Waals surface area (Å²) in [6.45, 7) is 4.74. The van der Waals surface area contributed by atoms with Gasteiger partial charge in [0.1, 0.15) is 6.54 Å². The van der Waals surface area contributed by atoms with Crippen molar-refractivity contribution < 1.29 is 21.6 Å². The Morgan fingerprint density at radius 2 is 1.43 bits per heavy atom.